The molecule has 51 heavy (non-hydrogen) atoms. The molecular formula is C49H35NO. The molecule has 0 aliphatic heterocycles. The van der Waals surface area contributed by atoms with E-state index in [2.05, 4.69) is 183 Å². The molecule has 1 aliphatic rings. The molecule has 0 saturated carbocycles. The van der Waals surface area contributed by atoms with Gasteiger partial charge in [-0.2, -0.15) is 0 Å². The number of hydrogen-bond donors (Lipinski definition) is 0. The molecule has 8 aromatic carbocycles. The molecule has 0 fully saturated rings. The summed E-state index contributed by atoms with van der Waals surface area (Å²) >= 11 is 0. The number of fused-ring (bicyclic) bond motifs is 7. The minimum absolute atomic E-state index is 0.102. The zero-order valence-corrected chi connectivity index (χ0v) is 28.6. The van der Waals surface area contributed by atoms with Crippen molar-refractivity contribution >= 4 is 49.8 Å². The Labute approximate surface area is 297 Å². The van der Waals surface area contributed by atoms with Crippen LogP contribution in [-0.2, 0) is 5.41 Å². The highest BCUT2D eigenvalue weighted by atomic mass is 16.3. The standard InChI is InChI=1S/C49H35NO/c1-49(2)45-19-7-5-16-41(45)42-27-25-37(30-46(42)49)50(38-26-28-44-43-17-6-8-20-47(43)51-48(44)31-38)36-23-21-32(22-24-36)34-13-9-14-35(29-34)40-18-10-12-33-11-3-4-15-39(33)40/h3-31H,1-2H3. The summed E-state index contributed by atoms with van der Waals surface area (Å²) in [5, 5.41) is 4.79. The van der Waals surface area contributed by atoms with Crippen molar-refractivity contribution in [3.63, 3.8) is 0 Å². The molecule has 0 N–H and O–H groups in total. The third kappa shape index (κ3) is 4.71. The van der Waals surface area contributed by atoms with E-state index in [9.17, 15) is 0 Å². The Balaban J connectivity index is 1.09. The van der Waals surface area contributed by atoms with Gasteiger partial charge in [0, 0.05) is 39.3 Å². The zero-order chi connectivity index (χ0) is 34.1. The SMILES string of the molecule is CC1(C)c2ccccc2-c2ccc(N(c3ccc(-c4cccc(-c5cccc6ccccc56)c4)cc3)c3ccc4c(c3)oc3ccccc34)cc21. The van der Waals surface area contributed by atoms with Crippen molar-refractivity contribution in [2.24, 2.45) is 0 Å². The largest absolute Gasteiger partial charge is 0.456 e. The minimum Gasteiger partial charge on any atom is -0.456 e. The lowest BCUT2D eigenvalue weighted by Gasteiger charge is -2.28. The molecule has 0 bridgehead atoms. The smallest absolute Gasteiger partial charge is 0.137 e. The summed E-state index contributed by atoms with van der Waals surface area (Å²) in [6, 6.07) is 63.7. The molecule has 1 aliphatic carbocycles. The van der Waals surface area contributed by atoms with Crippen LogP contribution in [0.4, 0.5) is 17.1 Å². The second-order valence-corrected chi connectivity index (χ2v) is 14.2. The van der Waals surface area contributed by atoms with Gasteiger partial charge < -0.3 is 9.32 Å². The molecule has 1 aromatic heterocycles. The van der Waals surface area contributed by atoms with E-state index in [1.165, 1.54) is 55.3 Å². The first-order valence-electron chi connectivity index (χ1n) is 17.7. The molecule has 0 amide bonds. The van der Waals surface area contributed by atoms with Crippen LogP contribution in [0, 0.1) is 0 Å². The highest BCUT2D eigenvalue weighted by Gasteiger charge is 2.35. The number of furan rings is 1. The van der Waals surface area contributed by atoms with E-state index < -0.39 is 0 Å². The predicted molar refractivity (Wildman–Crippen MR) is 214 cm³/mol. The predicted octanol–water partition coefficient (Wildman–Crippen LogP) is 13.8. The Kier molecular flexibility index (Phi) is 6.56. The maximum atomic E-state index is 6.39. The lowest BCUT2D eigenvalue weighted by Crippen LogP contribution is -2.16. The maximum absolute atomic E-state index is 6.39. The monoisotopic (exact) mass is 653 g/mol. The first-order valence-corrected chi connectivity index (χ1v) is 17.7. The molecule has 0 atom stereocenters. The molecule has 9 aromatic rings. The van der Waals surface area contributed by atoms with Gasteiger partial charge in [0.25, 0.3) is 0 Å². The van der Waals surface area contributed by atoms with Gasteiger partial charge in [-0.25, -0.2) is 0 Å². The average molecular weight is 654 g/mol. The second-order valence-electron chi connectivity index (χ2n) is 14.2. The first kappa shape index (κ1) is 29.5. The van der Waals surface area contributed by atoms with Crippen molar-refractivity contribution < 1.29 is 4.42 Å². The van der Waals surface area contributed by atoms with Crippen LogP contribution in [-0.4, -0.2) is 0 Å². The van der Waals surface area contributed by atoms with Gasteiger partial charge in [0.15, 0.2) is 0 Å². The van der Waals surface area contributed by atoms with Crippen LogP contribution >= 0.6 is 0 Å². The summed E-state index contributed by atoms with van der Waals surface area (Å²) in [4.78, 5) is 2.36. The molecule has 1 heterocycles. The number of nitrogens with zero attached hydrogens (tertiary/aromatic N) is 1. The van der Waals surface area contributed by atoms with Gasteiger partial charge in [-0.15, -0.1) is 0 Å². The van der Waals surface area contributed by atoms with E-state index in [0.717, 1.165) is 39.0 Å². The Morgan fingerprint density at radius 2 is 1.02 bits per heavy atom. The van der Waals surface area contributed by atoms with E-state index in [-0.39, 0.29) is 5.41 Å². The minimum atomic E-state index is -0.102. The van der Waals surface area contributed by atoms with Crippen molar-refractivity contribution in [1.29, 1.82) is 0 Å². The Morgan fingerprint density at radius 3 is 1.92 bits per heavy atom. The summed E-state index contributed by atoms with van der Waals surface area (Å²) in [5.74, 6) is 0. The molecular weight excluding hydrogens is 619 g/mol. The van der Waals surface area contributed by atoms with Crippen LogP contribution in [0.1, 0.15) is 25.0 Å². The van der Waals surface area contributed by atoms with Gasteiger partial charge in [-0.1, -0.05) is 135 Å². The van der Waals surface area contributed by atoms with E-state index in [1.807, 2.05) is 12.1 Å². The number of para-hydroxylation sites is 1. The van der Waals surface area contributed by atoms with Crippen molar-refractivity contribution in [3.05, 3.63) is 187 Å². The van der Waals surface area contributed by atoms with Crippen LogP contribution in [0.2, 0.25) is 0 Å². The van der Waals surface area contributed by atoms with Gasteiger partial charge in [0.2, 0.25) is 0 Å². The van der Waals surface area contributed by atoms with Crippen molar-refractivity contribution in [2.45, 2.75) is 19.3 Å². The van der Waals surface area contributed by atoms with Gasteiger partial charge in [0.1, 0.15) is 11.2 Å². The highest BCUT2D eigenvalue weighted by molar-refractivity contribution is 6.06. The van der Waals surface area contributed by atoms with Crippen LogP contribution in [0.3, 0.4) is 0 Å². The molecule has 0 spiro atoms. The number of hydrogen-bond acceptors (Lipinski definition) is 2. The van der Waals surface area contributed by atoms with Crippen LogP contribution in [0.25, 0.3) is 66.1 Å². The van der Waals surface area contributed by atoms with Gasteiger partial charge >= 0.3 is 0 Å². The normalized spacial score (nSPS) is 13.1. The summed E-state index contributed by atoms with van der Waals surface area (Å²) in [7, 11) is 0. The Hall–Kier alpha value is -6.38. The van der Waals surface area contributed by atoms with Crippen molar-refractivity contribution in [2.75, 3.05) is 4.90 Å². The molecule has 0 radical (unpaired) electrons. The third-order valence-corrected chi connectivity index (χ3v) is 10.9. The Morgan fingerprint density at radius 1 is 0.392 bits per heavy atom. The van der Waals surface area contributed by atoms with Gasteiger partial charge in [-0.05, 0) is 104 Å². The number of benzene rings is 8. The number of anilines is 3. The first-order chi connectivity index (χ1) is 25.0. The fraction of sp³-hybridized carbons (Fsp3) is 0.0612. The molecule has 0 saturated heterocycles. The molecule has 10 rings (SSSR count). The summed E-state index contributed by atoms with van der Waals surface area (Å²) < 4.78 is 6.39. The van der Waals surface area contributed by atoms with Crippen molar-refractivity contribution in [3.8, 4) is 33.4 Å². The highest BCUT2D eigenvalue weighted by Crippen LogP contribution is 2.51. The second kappa shape index (κ2) is 11.3. The maximum Gasteiger partial charge on any atom is 0.137 e. The summed E-state index contributed by atoms with van der Waals surface area (Å²) in [6.45, 7) is 4.68. The third-order valence-electron chi connectivity index (χ3n) is 10.9. The molecule has 242 valence electrons. The Bertz CT molecular complexity index is 2780. The van der Waals surface area contributed by atoms with Gasteiger partial charge in [-0.3, -0.25) is 0 Å². The lowest BCUT2D eigenvalue weighted by atomic mass is 9.82. The van der Waals surface area contributed by atoms with Crippen LogP contribution in [0.15, 0.2) is 180 Å². The van der Waals surface area contributed by atoms with Crippen molar-refractivity contribution in [1.82, 2.24) is 0 Å². The fourth-order valence-corrected chi connectivity index (χ4v) is 8.28. The van der Waals surface area contributed by atoms with Crippen LogP contribution < -0.4 is 4.90 Å². The average Bonchev–Trinajstić information content (AvgIpc) is 3.66. The fourth-order valence-electron chi connectivity index (χ4n) is 8.28. The topological polar surface area (TPSA) is 16.4 Å². The molecule has 2 nitrogen and oxygen atoms in total. The van der Waals surface area contributed by atoms with E-state index in [1.54, 1.807) is 0 Å². The van der Waals surface area contributed by atoms with E-state index in [4.69, 9.17) is 4.42 Å². The van der Waals surface area contributed by atoms with Gasteiger partial charge in [0.05, 0.1) is 0 Å². The van der Waals surface area contributed by atoms with E-state index >= 15 is 0 Å². The summed E-state index contributed by atoms with van der Waals surface area (Å²) in [5.41, 5.74) is 15.2. The summed E-state index contributed by atoms with van der Waals surface area (Å²) in [6.07, 6.45) is 0. The zero-order valence-electron chi connectivity index (χ0n) is 28.6. The molecule has 2 heteroatoms. The van der Waals surface area contributed by atoms with E-state index in [0.29, 0.717) is 0 Å². The lowest BCUT2D eigenvalue weighted by molar-refractivity contribution is 0.660. The molecule has 0 unspecified atom stereocenters. The van der Waals surface area contributed by atoms with Crippen LogP contribution in [0.5, 0.6) is 0 Å². The quantitative estimate of drug-likeness (QED) is 0.184. The number of rotatable bonds is 5.